The lowest BCUT2D eigenvalue weighted by Crippen LogP contribution is -2.33. The van der Waals surface area contributed by atoms with Crippen LogP contribution in [-0.2, 0) is 9.47 Å². The van der Waals surface area contributed by atoms with E-state index in [1.165, 1.54) is 21.8 Å². The van der Waals surface area contributed by atoms with Gasteiger partial charge in [-0.2, -0.15) is 5.26 Å². The molecule has 0 bridgehead atoms. The van der Waals surface area contributed by atoms with Crippen molar-refractivity contribution < 1.29 is 40.1 Å². The number of hydrogen-bond donors (Lipinski definition) is 8. The molecule has 22 heteroatoms. The van der Waals surface area contributed by atoms with Gasteiger partial charge in [-0.1, -0.05) is 17.0 Å². The topological polar surface area (TPSA) is 352 Å². The van der Waals surface area contributed by atoms with Crippen LogP contribution >= 0.6 is 0 Å². The Morgan fingerprint density at radius 2 is 1.22 bits per heavy atom. The van der Waals surface area contributed by atoms with E-state index in [1.807, 2.05) is 6.07 Å². The number of nitrogen functional groups attached to an aromatic ring is 2. The molecule has 0 unspecified atom stereocenters. The molecule has 6 rings (SSSR count). The summed E-state index contributed by atoms with van der Waals surface area (Å²) in [6, 6.07) is 2.04. The second-order valence-corrected chi connectivity index (χ2v) is 12.0. The number of hydrogen-bond acceptors (Lipinski definition) is 18. The van der Waals surface area contributed by atoms with E-state index in [0.717, 1.165) is 12.8 Å². The number of ether oxygens (including phenoxy) is 2. The zero-order chi connectivity index (χ0) is 38.8. The van der Waals surface area contributed by atoms with E-state index >= 15 is 0 Å². The van der Waals surface area contributed by atoms with Crippen LogP contribution in [0.3, 0.4) is 0 Å². The SMILES string of the molecule is N#CCCCC#Cc1nc(N)c2ncn([C@@H]3O[C@H](CO)[C@@H](O)[C@H]3O)c2n1.[N-]=[N+]=NCCCCC#Cc1nc(N)c2ncn([C@@H]3O[C@H](CO)[C@@H](O)[C@H]3O)c2n1. The van der Waals surface area contributed by atoms with Crippen molar-refractivity contribution in [2.24, 2.45) is 5.11 Å². The van der Waals surface area contributed by atoms with Gasteiger partial charge in [0.15, 0.2) is 35.4 Å². The predicted octanol–water partition coefficient (Wildman–Crippen LogP) is -1.08. The summed E-state index contributed by atoms with van der Waals surface area (Å²) < 4.78 is 13.9. The van der Waals surface area contributed by atoms with Gasteiger partial charge in [0.05, 0.1) is 31.9 Å². The molecular formula is C32H38N14O8. The standard InChI is InChI=1S/C16H20N8O4.C16H18N6O4/c17-14-11-15(22-10(21-14)5-3-1-2-4-6-20-23-18)24(8-19-11)16-13(27)12(26)9(7-25)28-16;17-6-4-2-1-3-5-10-20-14(18)11-15(21-10)22(8-19-11)16-13(25)12(24)9(7-23)26-16/h8-9,12-13,16,25-27H,1-2,4,6-7H2,(H2,17,21,22);8-9,12-13,16,23-25H,1-2,4,7H2,(H2,18,20,21)/t2*9-,12-,13-,16-/m11/s1. The highest BCUT2D eigenvalue weighted by atomic mass is 16.6. The summed E-state index contributed by atoms with van der Waals surface area (Å²) in [5.41, 5.74) is 21.3. The number of rotatable bonds is 10. The molecule has 4 aromatic rings. The summed E-state index contributed by atoms with van der Waals surface area (Å²) in [5, 5.41) is 70.7. The van der Waals surface area contributed by atoms with E-state index in [0.29, 0.717) is 54.6 Å². The van der Waals surface area contributed by atoms with Crippen LogP contribution < -0.4 is 11.5 Å². The third-order valence-electron chi connectivity index (χ3n) is 8.34. The minimum Gasteiger partial charge on any atom is -0.394 e. The summed E-state index contributed by atoms with van der Waals surface area (Å²) >= 11 is 0. The smallest absolute Gasteiger partial charge is 0.208 e. The van der Waals surface area contributed by atoms with Crippen molar-refractivity contribution in [1.82, 2.24) is 39.0 Å². The van der Waals surface area contributed by atoms with Crippen molar-refractivity contribution in [1.29, 1.82) is 5.26 Å². The van der Waals surface area contributed by atoms with Crippen LogP contribution in [0.4, 0.5) is 11.6 Å². The molecule has 0 aliphatic carbocycles. The van der Waals surface area contributed by atoms with Crippen LogP contribution in [0.1, 0.15) is 62.6 Å². The molecule has 0 aromatic carbocycles. The zero-order valence-electron chi connectivity index (χ0n) is 28.7. The molecule has 0 spiro atoms. The molecule has 2 fully saturated rings. The summed E-state index contributed by atoms with van der Waals surface area (Å²) in [5.74, 6) is 12.1. The average Bonchev–Trinajstić information content (AvgIpc) is 3.92. The van der Waals surface area contributed by atoms with E-state index < -0.39 is 62.3 Å². The molecule has 0 radical (unpaired) electrons. The van der Waals surface area contributed by atoms with Crippen LogP contribution in [0, 0.1) is 35.0 Å². The fourth-order valence-corrected chi connectivity index (χ4v) is 5.56. The second-order valence-electron chi connectivity index (χ2n) is 12.0. The molecule has 8 atom stereocenters. The summed E-state index contributed by atoms with van der Waals surface area (Å²) in [6.07, 6.45) is -2.34. The van der Waals surface area contributed by atoms with Crippen LogP contribution in [0.2, 0.25) is 0 Å². The molecule has 6 heterocycles. The number of imidazole rings is 2. The Hall–Kier alpha value is -5.70. The van der Waals surface area contributed by atoms with Gasteiger partial charge in [-0.15, -0.1) is 0 Å². The average molecular weight is 747 g/mol. The number of anilines is 2. The molecule has 2 aliphatic heterocycles. The zero-order valence-corrected chi connectivity index (χ0v) is 28.7. The normalized spacial score (nSPS) is 24.5. The van der Waals surface area contributed by atoms with Crippen molar-refractivity contribution in [2.75, 3.05) is 31.2 Å². The lowest BCUT2D eigenvalue weighted by atomic mass is 10.1. The summed E-state index contributed by atoms with van der Waals surface area (Å²) in [7, 11) is 0. The Morgan fingerprint density at radius 1 is 0.741 bits per heavy atom. The van der Waals surface area contributed by atoms with Crippen molar-refractivity contribution in [2.45, 2.75) is 87.6 Å². The highest BCUT2D eigenvalue weighted by Crippen LogP contribution is 2.33. The number of aromatic nitrogens is 8. The van der Waals surface area contributed by atoms with Crippen LogP contribution in [-0.4, -0.2) is 126 Å². The minimum atomic E-state index is -1.27. The van der Waals surface area contributed by atoms with Crippen molar-refractivity contribution >= 4 is 34.0 Å². The van der Waals surface area contributed by atoms with Crippen LogP contribution in [0.5, 0.6) is 0 Å². The number of nitrogens with zero attached hydrogens (tertiary/aromatic N) is 12. The monoisotopic (exact) mass is 746 g/mol. The lowest BCUT2D eigenvalue weighted by molar-refractivity contribution is -0.0511. The minimum absolute atomic E-state index is 0.127. The Morgan fingerprint density at radius 3 is 1.65 bits per heavy atom. The third kappa shape index (κ3) is 8.73. The number of aliphatic hydroxyl groups excluding tert-OH is 6. The van der Waals surface area contributed by atoms with Crippen LogP contribution in [0.15, 0.2) is 17.8 Å². The van der Waals surface area contributed by atoms with Gasteiger partial charge in [0.1, 0.15) is 47.7 Å². The lowest BCUT2D eigenvalue weighted by Gasteiger charge is -2.16. The third-order valence-corrected chi connectivity index (χ3v) is 8.34. The Bertz CT molecular complexity index is 2140. The second kappa shape index (κ2) is 18.4. The molecule has 284 valence electrons. The number of unbranched alkanes of at least 4 members (excludes halogenated alkanes) is 4. The van der Waals surface area contributed by atoms with Crippen LogP contribution in [0.25, 0.3) is 32.8 Å². The highest BCUT2D eigenvalue weighted by molar-refractivity contribution is 5.82. The van der Waals surface area contributed by atoms with Gasteiger partial charge in [-0.3, -0.25) is 9.13 Å². The number of azide groups is 1. The first-order valence-corrected chi connectivity index (χ1v) is 16.7. The molecule has 2 aliphatic rings. The van der Waals surface area contributed by atoms with Gasteiger partial charge in [0.2, 0.25) is 11.6 Å². The van der Waals surface area contributed by atoms with Gasteiger partial charge in [-0.05, 0) is 36.6 Å². The molecule has 22 nitrogen and oxygen atoms in total. The van der Waals surface area contributed by atoms with E-state index in [-0.39, 0.29) is 23.3 Å². The number of aliphatic hydroxyl groups is 6. The Kier molecular flexibility index (Phi) is 13.4. The highest BCUT2D eigenvalue weighted by Gasteiger charge is 2.45. The summed E-state index contributed by atoms with van der Waals surface area (Å²) in [4.78, 5) is 27.8. The molecule has 0 saturated carbocycles. The first-order valence-electron chi connectivity index (χ1n) is 16.7. The quantitative estimate of drug-likeness (QED) is 0.0314. The largest absolute Gasteiger partial charge is 0.394 e. The first kappa shape index (κ1) is 39.5. The maximum Gasteiger partial charge on any atom is 0.208 e. The van der Waals surface area contributed by atoms with Crippen molar-refractivity contribution in [3.8, 4) is 29.8 Å². The maximum absolute atomic E-state index is 10.2. The number of nitrogens with two attached hydrogens (primary N) is 2. The van der Waals surface area contributed by atoms with Gasteiger partial charge >= 0.3 is 0 Å². The molecule has 2 saturated heterocycles. The molecule has 0 amide bonds. The van der Waals surface area contributed by atoms with Crippen molar-refractivity contribution in [3.63, 3.8) is 0 Å². The van der Waals surface area contributed by atoms with Gasteiger partial charge in [0.25, 0.3) is 0 Å². The maximum atomic E-state index is 10.2. The number of fused-ring (bicyclic) bond motifs is 2. The fraction of sp³-hybridized carbons (Fsp3) is 0.531. The van der Waals surface area contributed by atoms with Gasteiger partial charge in [0, 0.05) is 30.7 Å². The van der Waals surface area contributed by atoms with E-state index in [9.17, 15) is 30.6 Å². The molecular weight excluding hydrogens is 708 g/mol. The van der Waals surface area contributed by atoms with E-state index in [4.69, 9.17) is 31.7 Å². The van der Waals surface area contributed by atoms with Crippen molar-refractivity contribution in [3.05, 3.63) is 34.7 Å². The Labute approximate surface area is 306 Å². The first-order chi connectivity index (χ1) is 26.1. The molecule has 10 N–H and O–H groups in total. The summed E-state index contributed by atoms with van der Waals surface area (Å²) in [6.45, 7) is -0.441. The Balaban J connectivity index is 0.000000208. The fourth-order valence-electron chi connectivity index (χ4n) is 5.56. The van der Waals surface area contributed by atoms with E-state index in [1.54, 1.807) is 0 Å². The van der Waals surface area contributed by atoms with Gasteiger partial charge < -0.3 is 51.6 Å². The molecule has 54 heavy (non-hydrogen) atoms. The van der Waals surface area contributed by atoms with E-state index in [2.05, 4.69) is 63.6 Å². The molecule has 4 aromatic heterocycles. The number of nitriles is 1. The van der Waals surface area contributed by atoms with Gasteiger partial charge in [-0.25, -0.2) is 29.9 Å². The predicted molar refractivity (Wildman–Crippen MR) is 187 cm³/mol.